The zero-order valence-electron chi connectivity index (χ0n) is 19.1. The zero-order chi connectivity index (χ0) is 22.9. The number of amides is 2. The first-order chi connectivity index (χ1) is 13.7. The Hall–Kier alpha value is -1.79. The molecule has 1 unspecified atom stereocenters. The van der Waals surface area contributed by atoms with Crippen LogP contribution in [0.2, 0.25) is 5.02 Å². The van der Waals surface area contributed by atoms with E-state index in [2.05, 4.69) is 5.32 Å². The summed E-state index contributed by atoms with van der Waals surface area (Å²) in [5.41, 5.74) is -1.53. The van der Waals surface area contributed by atoms with Gasteiger partial charge in [0.1, 0.15) is 11.6 Å². The summed E-state index contributed by atoms with van der Waals surface area (Å²) in [5, 5.41) is 14.8. The molecule has 0 aromatic heterocycles. The van der Waals surface area contributed by atoms with Crippen LogP contribution in [0, 0.1) is 11.3 Å². The summed E-state index contributed by atoms with van der Waals surface area (Å²) >= 11 is 6.00. The topological polar surface area (TPSA) is 78.9 Å². The Morgan fingerprint density at radius 2 is 1.77 bits per heavy atom. The Bertz CT molecular complexity index is 770. The van der Waals surface area contributed by atoms with Crippen molar-refractivity contribution in [1.29, 1.82) is 0 Å². The van der Waals surface area contributed by atoms with Gasteiger partial charge >= 0.3 is 6.09 Å². The van der Waals surface area contributed by atoms with Gasteiger partial charge < -0.3 is 20.1 Å². The summed E-state index contributed by atoms with van der Waals surface area (Å²) in [4.78, 5) is 27.3. The molecule has 7 heteroatoms. The molecule has 2 amide bonds. The summed E-state index contributed by atoms with van der Waals surface area (Å²) < 4.78 is 5.33. The van der Waals surface area contributed by atoms with Gasteiger partial charge in [0.15, 0.2) is 0 Å². The maximum atomic E-state index is 13.3. The van der Waals surface area contributed by atoms with Gasteiger partial charge in [0, 0.05) is 23.5 Å². The second-order valence-corrected chi connectivity index (χ2v) is 10.6. The lowest BCUT2D eigenvalue weighted by atomic mass is 9.66. The number of hydrogen-bond acceptors (Lipinski definition) is 4. The zero-order valence-corrected chi connectivity index (χ0v) is 19.8. The molecule has 0 radical (unpaired) electrons. The Labute approximate surface area is 184 Å². The largest absolute Gasteiger partial charge is 0.444 e. The number of nitrogens with one attached hydrogen (secondary N) is 1. The fourth-order valence-electron chi connectivity index (χ4n) is 3.92. The molecule has 2 atom stereocenters. The Morgan fingerprint density at radius 3 is 2.23 bits per heavy atom. The van der Waals surface area contributed by atoms with Gasteiger partial charge in [-0.3, -0.25) is 4.79 Å². The highest BCUT2D eigenvalue weighted by Gasteiger charge is 2.50. The number of alkyl carbamates (subject to hydrolysis) is 1. The van der Waals surface area contributed by atoms with Crippen LogP contribution in [-0.4, -0.2) is 46.7 Å². The highest BCUT2D eigenvalue weighted by atomic mass is 35.5. The van der Waals surface area contributed by atoms with E-state index in [1.165, 1.54) is 0 Å². The average Bonchev–Trinajstić information content (AvgIpc) is 2.60. The van der Waals surface area contributed by atoms with Gasteiger partial charge in [-0.1, -0.05) is 51.4 Å². The molecule has 1 aromatic carbocycles. The molecular formula is C23H35ClN2O4. The van der Waals surface area contributed by atoms with Gasteiger partial charge in [0.2, 0.25) is 5.91 Å². The van der Waals surface area contributed by atoms with E-state index in [1.807, 2.05) is 39.8 Å². The Morgan fingerprint density at radius 1 is 1.20 bits per heavy atom. The standard InChI is InChI=1S/C23H35ClN2O4/c1-15(2)18(25-20(28)30-21(3,4)5)19(27)26-13-12-23(29,22(6,7)14-26)16-8-10-17(24)11-9-16/h8-11,15,18,29H,12-14H2,1-7H3,(H,25,28)/t18?,23-/m0/s1. The van der Waals surface area contributed by atoms with Crippen LogP contribution in [0.25, 0.3) is 0 Å². The second kappa shape index (κ2) is 8.75. The third kappa shape index (κ3) is 5.46. The SMILES string of the molecule is CC(C)C(NC(=O)OC(C)(C)C)C(=O)N1CC[C@](O)(c2ccc(Cl)cc2)C(C)(C)C1. The number of ether oxygens (including phenoxy) is 1. The fraction of sp³-hybridized carbons (Fsp3) is 0.652. The molecular weight excluding hydrogens is 404 g/mol. The highest BCUT2D eigenvalue weighted by molar-refractivity contribution is 6.30. The molecule has 0 aliphatic carbocycles. The van der Waals surface area contributed by atoms with Crippen LogP contribution in [0.15, 0.2) is 24.3 Å². The third-order valence-electron chi connectivity index (χ3n) is 5.69. The van der Waals surface area contributed by atoms with Gasteiger partial charge in [-0.15, -0.1) is 0 Å². The number of carbonyl (C=O) groups excluding carboxylic acids is 2. The van der Waals surface area contributed by atoms with Crippen molar-refractivity contribution in [3.05, 3.63) is 34.9 Å². The van der Waals surface area contributed by atoms with Gasteiger partial charge in [-0.25, -0.2) is 4.79 Å². The van der Waals surface area contributed by atoms with Crippen LogP contribution in [0.1, 0.15) is 60.5 Å². The smallest absolute Gasteiger partial charge is 0.408 e. The van der Waals surface area contributed by atoms with Crippen molar-refractivity contribution in [2.24, 2.45) is 11.3 Å². The highest BCUT2D eigenvalue weighted by Crippen LogP contribution is 2.46. The number of aliphatic hydroxyl groups is 1. The van der Waals surface area contributed by atoms with Crippen LogP contribution in [-0.2, 0) is 15.1 Å². The number of halogens is 1. The molecule has 1 aromatic rings. The van der Waals surface area contributed by atoms with Crippen LogP contribution in [0.4, 0.5) is 4.79 Å². The number of carbonyl (C=O) groups is 2. The lowest BCUT2D eigenvalue weighted by Crippen LogP contribution is -2.60. The van der Waals surface area contributed by atoms with E-state index in [9.17, 15) is 14.7 Å². The minimum Gasteiger partial charge on any atom is -0.444 e. The maximum absolute atomic E-state index is 13.3. The van der Waals surface area contributed by atoms with E-state index in [1.54, 1.807) is 37.8 Å². The van der Waals surface area contributed by atoms with Crippen molar-refractivity contribution < 1.29 is 19.4 Å². The van der Waals surface area contributed by atoms with Crippen LogP contribution >= 0.6 is 11.6 Å². The van der Waals surface area contributed by atoms with Crippen LogP contribution < -0.4 is 5.32 Å². The molecule has 30 heavy (non-hydrogen) atoms. The van der Waals surface area contributed by atoms with Crippen LogP contribution in [0.3, 0.4) is 0 Å². The molecule has 2 N–H and O–H groups in total. The number of piperidine rings is 1. The fourth-order valence-corrected chi connectivity index (χ4v) is 4.04. The van der Waals surface area contributed by atoms with E-state index >= 15 is 0 Å². The molecule has 0 bridgehead atoms. The number of likely N-dealkylation sites (tertiary alicyclic amines) is 1. The average molecular weight is 439 g/mol. The summed E-state index contributed by atoms with van der Waals surface area (Å²) in [6.45, 7) is 13.8. The first-order valence-electron chi connectivity index (χ1n) is 10.4. The summed E-state index contributed by atoms with van der Waals surface area (Å²) in [6, 6.07) is 6.51. The van der Waals surface area contributed by atoms with Gasteiger partial charge in [0.05, 0.1) is 5.60 Å². The van der Waals surface area contributed by atoms with Gasteiger partial charge in [-0.2, -0.15) is 0 Å². The predicted octanol–water partition coefficient (Wildman–Crippen LogP) is 4.34. The van der Waals surface area contributed by atoms with E-state index in [0.717, 1.165) is 5.56 Å². The monoisotopic (exact) mass is 438 g/mol. The molecule has 2 rings (SSSR count). The van der Waals surface area contributed by atoms with Gasteiger partial charge in [0.25, 0.3) is 0 Å². The van der Waals surface area contributed by atoms with E-state index < -0.39 is 28.8 Å². The molecule has 6 nitrogen and oxygen atoms in total. The van der Waals surface area contributed by atoms with E-state index in [0.29, 0.717) is 24.5 Å². The van der Waals surface area contributed by atoms with Crippen LogP contribution in [0.5, 0.6) is 0 Å². The van der Waals surface area contributed by atoms with E-state index in [4.69, 9.17) is 16.3 Å². The first-order valence-corrected chi connectivity index (χ1v) is 10.8. The first kappa shape index (κ1) is 24.5. The number of rotatable bonds is 4. The lowest BCUT2D eigenvalue weighted by molar-refractivity contribution is -0.155. The van der Waals surface area contributed by atoms with Crippen molar-refractivity contribution in [1.82, 2.24) is 10.2 Å². The number of nitrogens with zero attached hydrogens (tertiary/aromatic N) is 1. The molecule has 1 heterocycles. The summed E-state index contributed by atoms with van der Waals surface area (Å²) in [6.07, 6.45) is -0.214. The van der Waals surface area contributed by atoms with Crippen molar-refractivity contribution >= 4 is 23.6 Å². The van der Waals surface area contributed by atoms with Crippen molar-refractivity contribution in [3.63, 3.8) is 0 Å². The Kier molecular flexibility index (Phi) is 7.14. The molecule has 1 saturated heterocycles. The third-order valence-corrected chi connectivity index (χ3v) is 5.94. The molecule has 1 aliphatic rings. The molecule has 0 saturated carbocycles. The quantitative estimate of drug-likeness (QED) is 0.733. The lowest BCUT2D eigenvalue weighted by Gasteiger charge is -2.51. The molecule has 0 spiro atoms. The summed E-state index contributed by atoms with van der Waals surface area (Å²) in [7, 11) is 0. The molecule has 1 aliphatic heterocycles. The minimum absolute atomic E-state index is 0.106. The summed E-state index contributed by atoms with van der Waals surface area (Å²) in [5.74, 6) is -0.271. The van der Waals surface area contributed by atoms with Gasteiger partial charge in [-0.05, 0) is 50.8 Å². The molecule has 168 valence electrons. The minimum atomic E-state index is -1.08. The number of benzene rings is 1. The van der Waals surface area contributed by atoms with Crippen molar-refractivity contribution in [2.75, 3.05) is 13.1 Å². The maximum Gasteiger partial charge on any atom is 0.408 e. The molecule has 1 fully saturated rings. The van der Waals surface area contributed by atoms with E-state index in [-0.39, 0.29) is 11.8 Å². The Balaban J connectivity index is 2.17. The normalized spacial score (nSPS) is 22.5. The second-order valence-electron chi connectivity index (χ2n) is 10.1. The van der Waals surface area contributed by atoms with Crippen molar-refractivity contribution in [2.45, 2.75) is 72.1 Å². The predicted molar refractivity (Wildman–Crippen MR) is 118 cm³/mol. The van der Waals surface area contributed by atoms with Crippen molar-refractivity contribution in [3.8, 4) is 0 Å². The number of hydrogen-bond donors (Lipinski definition) is 2.